The van der Waals surface area contributed by atoms with E-state index in [9.17, 15) is 9.59 Å². The largest absolute Gasteiger partial charge is 0.491 e. The maximum absolute atomic E-state index is 11.9. The molecule has 0 amide bonds. The lowest BCUT2D eigenvalue weighted by molar-refractivity contribution is 0.0502. The highest BCUT2D eigenvalue weighted by atomic mass is 16.5. The summed E-state index contributed by atoms with van der Waals surface area (Å²) in [6.07, 6.45) is 1.41. The Labute approximate surface area is 130 Å². The minimum Gasteiger partial charge on any atom is -0.491 e. The van der Waals surface area contributed by atoms with Crippen LogP contribution >= 0.6 is 0 Å². The van der Waals surface area contributed by atoms with E-state index >= 15 is 0 Å². The second-order valence-electron chi connectivity index (χ2n) is 4.59. The van der Waals surface area contributed by atoms with Gasteiger partial charge in [-0.15, -0.1) is 0 Å². The van der Waals surface area contributed by atoms with Crippen molar-refractivity contribution < 1.29 is 28.9 Å². The molecule has 0 saturated carbocycles. The number of carbonyl (C=O) groups excluding carboxylic acids is 2. The second kappa shape index (κ2) is 9.78. The van der Waals surface area contributed by atoms with Crippen molar-refractivity contribution in [3.8, 4) is 5.75 Å². The van der Waals surface area contributed by atoms with E-state index in [-0.39, 0.29) is 24.3 Å². The van der Waals surface area contributed by atoms with Gasteiger partial charge in [0.15, 0.2) is 0 Å². The van der Waals surface area contributed by atoms with E-state index < -0.39 is 11.9 Å². The van der Waals surface area contributed by atoms with Gasteiger partial charge in [-0.3, -0.25) is 0 Å². The van der Waals surface area contributed by atoms with E-state index in [0.29, 0.717) is 31.8 Å². The van der Waals surface area contributed by atoms with E-state index in [2.05, 4.69) is 0 Å². The van der Waals surface area contributed by atoms with E-state index in [1.807, 2.05) is 13.8 Å². The van der Waals surface area contributed by atoms with E-state index in [4.69, 9.17) is 19.3 Å². The molecule has 0 unspecified atom stereocenters. The Morgan fingerprint density at radius 1 is 0.909 bits per heavy atom. The molecule has 1 rings (SSSR count). The Balaban J connectivity index is 2.99. The predicted octanol–water partition coefficient (Wildman–Crippen LogP) is 2.19. The number of aliphatic hydroxyl groups is 1. The fourth-order valence-electron chi connectivity index (χ4n) is 1.64. The summed E-state index contributed by atoms with van der Waals surface area (Å²) >= 11 is 0. The quantitative estimate of drug-likeness (QED) is 0.704. The third kappa shape index (κ3) is 5.73. The maximum atomic E-state index is 11.9. The number of benzene rings is 1. The lowest BCUT2D eigenvalue weighted by atomic mass is 10.1. The third-order valence-electron chi connectivity index (χ3n) is 2.61. The smallest absolute Gasteiger partial charge is 0.338 e. The summed E-state index contributed by atoms with van der Waals surface area (Å²) in [6, 6.07) is 4.37. The number of ether oxygens (including phenoxy) is 3. The van der Waals surface area contributed by atoms with Gasteiger partial charge in [-0.05, 0) is 31.0 Å². The van der Waals surface area contributed by atoms with Crippen LogP contribution in [-0.4, -0.2) is 43.5 Å². The van der Waals surface area contributed by atoms with Gasteiger partial charge in [0.1, 0.15) is 12.4 Å². The van der Waals surface area contributed by atoms with Crippen LogP contribution in [0.1, 0.15) is 47.4 Å². The average Bonchev–Trinajstić information content (AvgIpc) is 2.55. The Morgan fingerprint density at radius 2 is 1.41 bits per heavy atom. The normalized spacial score (nSPS) is 10.1. The molecular weight excluding hydrogens is 288 g/mol. The molecule has 0 spiro atoms. The molecule has 0 aliphatic carbocycles. The van der Waals surface area contributed by atoms with Crippen LogP contribution in [-0.2, 0) is 9.47 Å². The Morgan fingerprint density at radius 3 is 1.82 bits per heavy atom. The zero-order valence-corrected chi connectivity index (χ0v) is 13.0. The van der Waals surface area contributed by atoms with Crippen LogP contribution in [0.3, 0.4) is 0 Å². The molecule has 1 aromatic rings. The average molecular weight is 310 g/mol. The number of rotatable bonds is 9. The molecule has 0 aliphatic rings. The van der Waals surface area contributed by atoms with Crippen LogP contribution in [0.25, 0.3) is 0 Å². The van der Waals surface area contributed by atoms with Crippen molar-refractivity contribution in [3.63, 3.8) is 0 Å². The predicted molar refractivity (Wildman–Crippen MR) is 80.2 cm³/mol. The van der Waals surface area contributed by atoms with Gasteiger partial charge in [0.25, 0.3) is 0 Å². The fraction of sp³-hybridized carbons (Fsp3) is 0.500. The van der Waals surface area contributed by atoms with Crippen LogP contribution in [0, 0.1) is 0 Å². The van der Waals surface area contributed by atoms with Crippen molar-refractivity contribution in [2.45, 2.75) is 26.7 Å². The highest BCUT2D eigenvalue weighted by Gasteiger charge is 2.15. The molecule has 0 heterocycles. The van der Waals surface area contributed by atoms with E-state index in [1.54, 1.807) is 0 Å². The summed E-state index contributed by atoms with van der Waals surface area (Å²) in [6.45, 7) is 4.28. The van der Waals surface area contributed by atoms with Gasteiger partial charge in [0, 0.05) is 0 Å². The SMILES string of the molecule is CCCOC(=O)c1cc(OCCO)cc(C(=O)OCCC)c1. The highest BCUT2D eigenvalue weighted by Crippen LogP contribution is 2.19. The van der Waals surface area contributed by atoms with Crippen LogP contribution in [0.15, 0.2) is 18.2 Å². The summed E-state index contributed by atoms with van der Waals surface area (Å²) in [5.41, 5.74) is 0.430. The molecule has 6 heteroatoms. The molecule has 0 saturated heterocycles. The zero-order chi connectivity index (χ0) is 16.4. The van der Waals surface area contributed by atoms with Gasteiger partial charge < -0.3 is 19.3 Å². The highest BCUT2D eigenvalue weighted by molar-refractivity contribution is 5.96. The lowest BCUT2D eigenvalue weighted by Crippen LogP contribution is -2.11. The van der Waals surface area contributed by atoms with Crippen molar-refractivity contribution >= 4 is 11.9 Å². The van der Waals surface area contributed by atoms with Gasteiger partial charge in [0.05, 0.1) is 30.9 Å². The van der Waals surface area contributed by atoms with E-state index in [0.717, 1.165) is 0 Å². The van der Waals surface area contributed by atoms with Crippen LogP contribution < -0.4 is 4.74 Å². The van der Waals surface area contributed by atoms with Gasteiger partial charge in [-0.25, -0.2) is 9.59 Å². The molecule has 122 valence electrons. The van der Waals surface area contributed by atoms with E-state index in [1.165, 1.54) is 18.2 Å². The molecule has 0 radical (unpaired) electrons. The molecule has 0 atom stereocenters. The summed E-state index contributed by atoms with van der Waals surface area (Å²) in [5.74, 6) is -0.745. The number of hydrogen-bond donors (Lipinski definition) is 1. The van der Waals surface area contributed by atoms with Crippen molar-refractivity contribution in [1.82, 2.24) is 0 Å². The van der Waals surface area contributed by atoms with Crippen LogP contribution in [0.5, 0.6) is 5.75 Å². The summed E-state index contributed by atoms with van der Waals surface area (Å²) in [5, 5.41) is 8.81. The van der Waals surface area contributed by atoms with Gasteiger partial charge >= 0.3 is 11.9 Å². The molecule has 0 aromatic heterocycles. The summed E-state index contributed by atoms with van der Waals surface area (Å²) in [4.78, 5) is 23.9. The molecular formula is C16H22O6. The number of carbonyl (C=O) groups is 2. The Kier molecular flexibility index (Phi) is 7.99. The molecule has 0 fully saturated rings. The summed E-state index contributed by atoms with van der Waals surface area (Å²) < 4.78 is 15.4. The van der Waals surface area contributed by atoms with Gasteiger partial charge in [0.2, 0.25) is 0 Å². The van der Waals surface area contributed by atoms with Crippen molar-refractivity contribution in [2.24, 2.45) is 0 Å². The topological polar surface area (TPSA) is 82.1 Å². The molecule has 6 nitrogen and oxygen atoms in total. The van der Waals surface area contributed by atoms with Crippen LogP contribution in [0.4, 0.5) is 0 Å². The van der Waals surface area contributed by atoms with Gasteiger partial charge in [-0.2, -0.15) is 0 Å². The standard InChI is InChI=1S/C16H22O6/c1-3-6-21-15(18)12-9-13(16(19)22-7-4-2)11-14(10-12)20-8-5-17/h9-11,17H,3-8H2,1-2H3. The lowest BCUT2D eigenvalue weighted by Gasteiger charge is -2.10. The van der Waals surface area contributed by atoms with Crippen molar-refractivity contribution in [1.29, 1.82) is 0 Å². The molecule has 1 N–H and O–H groups in total. The first-order valence-corrected chi connectivity index (χ1v) is 7.35. The molecule has 0 aliphatic heterocycles. The molecule has 1 aromatic carbocycles. The minimum absolute atomic E-state index is 0.0664. The van der Waals surface area contributed by atoms with Crippen molar-refractivity contribution in [3.05, 3.63) is 29.3 Å². The number of esters is 2. The first-order valence-electron chi connectivity index (χ1n) is 7.35. The third-order valence-corrected chi connectivity index (χ3v) is 2.61. The maximum Gasteiger partial charge on any atom is 0.338 e. The minimum atomic E-state index is -0.527. The number of aliphatic hydroxyl groups excluding tert-OH is 1. The summed E-state index contributed by atoms with van der Waals surface area (Å²) in [7, 11) is 0. The number of hydrogen-bond acceptors (Lipinski definition) is 6. The van der Waals surface area contributed by atoms with Crippen molar-refractivity contribution in [2.75, 3.05) is 26.4 Å². The molecule has 22 heavy (non-hydrogen) atoms. The fourth-order valence-corrected chi connectivity index (χ4v) is 1.64. The second-order valence-corrected chi connectivity index (χ2v) is 4.59. The first-order chi connectivity index (χ1) is 10.6. The van der Waals surface area contributed by atoms with Gasteiger partial charge in [-0.1, -0.05) is 13.8 Å². The monoisotopic (exact) mass is 310 g/mol. The first kappa shape index (κ1) is 18.0. The molecule has 0 bridgehead atoms. The Bertz CT molecular complexity index is 459. The Hall–Kier alpha value is -2.08. The zero-order valence-electron chi connectivity index (χ0n) is 13.0. The van der Waals surface area contributed by atoms with Crippen LogP contribution in [0.2, 0.25) is 0 Å².